The number of alkyl carbamates (subject to hydrolysis) is 1. The van der Waals surface area contributed by atoms with E-state index in [2.05, 4.69) is 17.2 Å². The summed E-state index contributed by atoms with van der Waals surface area (Å²) in [6, 6.07) is 18.0. The van der Waals surface area contributed by atoms with Crippen LogP contribution in [0.5, 0.6) is 0 Å². The fourth-order valence-corrected chi connectivity index (χ4v) is 2.86. The topological polar surface area (TPSA) is 93.7 Å². The number of aryl methyl sites for hydroxylation is 1. The van der Waals surface area contributed by atoms with Crippen LogP contribution in [0.25, 0.3) is 0 Å². The largest absolute Gasteiger partial charge is 0.460 e. The van der Waals surface area contributed by atoms with Crippen molar-refractivity contribution >= 4 is 18.0 Å². The van der Waals surface area contributed by atoms with Crippen LogP contribution < -0.4 is 10.6 Å². The summed E-state index contributed by atoms with van der Waals surface area (Å²) in [5.74, 6) is -1.08. The van der Waals surface area contributed by atoms with Crippen LogP contribution in [0.4, 0.5) is 4.79 Å². The monoisotopic (exact) mass is 438 g/mol. The van der Waals surface area contributed by atoms with E-state index in [9.17, 15) is 14.4 Å². The van der Waals surface area contributed by atoms with Gasteiger partial charge in [-0.25, -0.2) is 9.59 Å². The number of rotatable bonds is 11. The molecule has 0 aliphatic carbocycles. The maximum absolute atomic E-state index is 12.9. The van der Waals surface area contributed by atoms with Gasteiger partial charge in [-0.15, -0.1) is 0 Å². The van der Waals surface area contributed by atoms with Gasteiger partial charge in [0, 0.05) is 0 Å². The molecule has 0 aliphatic heterocycles. The fraction of sp³-hybridized carbons (Fsp3) is 0.320. The molecule has 170 valence electrons. The highest BCUT2D eigenvalue weighted by Crippen LogP contribution is 2.10. The third-order valence-corrected chi connectivity index (χ3v) is 4.69. The minimum atomic E-state index is -1.31. The zero-order valence-corrected chi connectivity index (χ0v) is 18.5. The first-order valence-corrected chi connectivity index (χ1v) is 10.4. The van der Waals surface area contributed by atoms with Crippen molar-refractivity contribution < 1.29 is 23.9 Å². The van der Waals surface area contributed by atoms with Crippen LogP contribution in [0.3, 0.4) is 0 Å². The highest BCUT2D eigenvalue weighted by molar-refractivity contribution is 5.92. The van der Waals surface area contributed by atoms with Crippen molar-refractivity contribution in [2.75, 3.05) is 6.61 Å². The van der Waals surface area contributed by atoms with Gasteiger partial charge in [-0.05, 0) is 37.8 Å². The lowest BCUT2D eigenvalue weighted by Crippen LogP contribution is -2.58. The predicted octanol–water partition coefficient (Wildman–Crippen LogP) is 3.54. The summed E-state index contributed by atoms with van der Waals surface area (Å²) in [6.07, 6.45) is 1.65. The number of carbonyl (C=O) groups is 3. The first kappa shape index (κ1) is 24.7. The molecule has 1 atom stereocenters. The van der Waals surface area contributed by atoms with E-state index in [1.807, 2.05) is 60.7 Å². The van der Waals surface area contributed by atoms with Gasteiger partial charge < -0.3 is 20.1 Å². The quantitative estimate of drug-likeness (QED) is 0.413. The van der Waals surface area contributed by atoms with Crippen LogP contribution in [-0.2, 0) is 32.1 Å². The SMILES string of the molecule is C=CCOC(=O)[C@@H](CCc1ccccc1)NC(=O)C(C)(C)NC(=O)OCc1ccccc1. The van der Waals surface area contributed by atoms with Crippen LogP contribution in [0.2, 0.25) is 0 Å². The van der Waals surface area contributed by atoms with Gasteiger partial charge in [-0.2, -0.15) is 0 Å². The van der Waals surface area contributed by atoms with E-state index >= 15 is 0 Å². The van der Waals surface area contributed by atoms with Crippen molar-refractivity contribution in [2.45, 2.75) is 44.9 Å². The van der Waals surface area contributed by atoms with Crippen LogP contribution >= 0.6 is 0 Å². The number of hydrogen-bond acceptors (Lipinski definition) is 5. The molecule has 0 saturated carbocycles. The van der Waals surface area contributed by atoms with Crippen LogP contribution in [0, 0.1) is 0 Å². The molecule has 32 heavy (non-hydrogen) atoms. The van der Waals surface area contributed by atoms with Crippen molar-refractivity contribution in [3.05, 3.63) is 84.4 Å². The molecule has 7 heteroatoms. The average molecular weight is 439 g/mol. The van der Waals surface area contributed by atoms with E-state index in [1.165, 1.54) is 19.9 Å². The molecule has 0 radical (unpaired) electrons. The number of amides is 2. The molecule has 0 spiro atoms. The second-order valence-electron chi connectivity index (χ2n) is 7.78. The van der Waals surface area contributed by atoms with Gasteiger partial charge in [0.2, 0.25) is 5.91 Å². The van der Waals surface area contributed by atoms with Gasteiger partial charge >= 0.3 is 12.1 Å². The summed E-state index contributed by atoms with van der Waals surface area (Å²) < 4.78 is 10.3. The van der Waals surface area contributed by atoms with E-state index in [0.29, 0.717) is 12.8 Å². The Kier molecular flexibility index (Phi) is 9.47. The molecule has 2 amide bonds. The summed E-state index contributed by atoms with van der Waals surface area (Å²) >= 11 is 0. The Morgan fingerprint density at radius 1 is 0.969 bits per heavy atom. The molecule has 2 aromatic rings. The lowest BCUT2D eigenvalue weighted by Gasteiger charge is -2.27. The van der Waals surface area contributed by atoms with E-state index in [-0.39, 0.29) is 13.2 Å². The smallest absolute Gasteiger partial charge is 0.408 e. The normalized spacial score (nSPS) is 11.7. The summed E-state index contributed by atoms with van der Waals surface area (Å²) in [7, 11) is 0. The second-order valence-corrected chi connectivity index (χ2v) is 7.78. The van der Waals surface area contributed by atoms with Crippen molar-refractivity contribution in [1.82, 2.24) is 10.6 Å². The highest BCUT2D eigenvalue weighted by atomic mass is 16.5. The molecule has 0 fully saturated rings. The van der Waals surface area contributed by atoms with E-state index in [4.69, 9.17) is 9.47 Å². The first-order chi connectivity index (χ1) is 15.3. The average Bonchev–Trinajstić information content (AvgIpc) is 2.79. The third-order valence-electron chi connectivity index (χ3n) is 4.69. The molecule has 2 aromatic carbocycles. The summed E-state index contributed by atoms with van der Waals surface area (Å²) in [5, 5.41) is 5.24. The molecule has 0 bridgehead atoms. The highest BCUT2D eigenvalue weighted by Gasteiger charge is 2.33. The Morgan fingerprint density at radius 2 is 1.56 bits per heavy atom. The molecule has 0 saturated heterocycles. The van der Waals surface area contributed by atoms with Gasteiger partial charge in [-0.3, -0.25) is 4.79 Å². The molecule has 7 nitrogen and oxygen atoms in total. The molecule has 2 rings (SSSR count). The number of carbonyl (C=O) groups excluding carboxylic acids is 3. The summed E-state index contributed by atoms with van der Waals surface area (Å²) in [5.41, 5.74) is 0.554. The van der Waals surface area contributed by atoms with Gasteiger partial charge in [0.15, 0.2) is 0 Å². The maximum Gasteiger partial charge on any atom is 0.408 e. The number of benzene rings is 2. The minimum absolute atomic E-state index is 0.0456. The van der Waals surface area contributed by atoms with Crippen molar-refractivity contribution in [3.63, 3.8) is 0 Å². The van der Waals surface area contributed by atoms with Gasteiger partial charge in [0.25, 0.3) is 0 Å². The standard InChI is InChI=1S/C25H30N2O5/c1-4-17-31-22(28)21(16-15-19-11-7-5-8-12-19)26-23(29)25(2,3)27-24(30)32-18-20-13-9-6-10-14-20/h4-14,21H,1,15-18H2,2-3H3,(H,26,29)(H,27,30)/t21-/m1/s1. The molecule has 2 N–H and O–H groups in total. The van der Waals surface area contributed by atoms with Gasteiger partial charge in [0.1, 0.15) is 24.8 Å². The number of hydrogen-bond donors (Lipinski definition) is 2. The Balaban J connectivity index is 1.95. The second kappa shape index (κ2) is 12.3. The Hall–Kier alpha value is -3.61. The molecular formula is C25H30N2O5. The van der Waals surface area contributed by atoms with Crippen LogP contribution in [0.15, 0.2) is 73.3 Å². The zero-order chi connectivity index (χ0) is 23.4. The molecule has 0 heterocycles. The predicted molar refractivity (Wildman–Crippen MR) is 122 cm³/mol. The minimum Gasteiger partial charge on any atom is -0.460 e. The van der Waals surface area contributed by atoms with E-state index < -0.39 is 29.6 Å². The van der Waals surface area contributed by atoms with E-state index in [1.54, 1.807) is 0 Å². The molecular weight excluding hydrogens is 408 g/mol. The first-order valence-electron chi connectivity index (χ1n) is 10.4. The fourth-order valence-electron chi connectivity index (χ4n) is 2.86. The summed E-state index contributed by atoms with van der Waals surface area (Å²) in [6.45, 7) is 6.73. The third kappa shape index (κ3) is 8.26. The molecule has 0 unspecified atom stereocenters. The maximum atomic E-state index is 12.9. The van der Waals surface area contributed by atoms with Gasteiger partial charge in [0.05, 0.1) is 0 Å². The van der Waals surface area contributed by atoms with Gasteiger partial charge in [-0.1, -0.05) is 73.3 Å². The van der Waals surface area contributed by atoms with Crippen LogP contribution in [-0.4, -0.2) is 36.2 Å². The molecule has 0 aromatic heterocycles. The number of ether oxygens (including phenoxy) is 2. The number of esters is 1. The summed E-state index contributed by atoms with van der Waals surface area (Å²) in [4.78, 5) is 37.5. The van der Waals surface area contributed by atoms with Crippen LogP contribution in [0.1, 0.15) is 31.4 Å². The lowest BCUT2D eigenvalue weighted by molar-refractivity contribution is -0.147. The number of nitrogens with one attached hydrogen (secondary N) is 2. The van der Waals surface area contributed by atoms with E-state index in [0.717, 1.165) is 11.1 Å². The Bertz CT molecular complexity index is 897. The lowest BCUT2D eigenvalue weighted by atomic mass is 10.0. The van der Waals surface area contributed by atoms with Crippen molar-refractivity contribution in [2.24, 2.45) is 0 Å². The van der Waals surface area contributed by atoms with Crippen molar-refractivity contribution in [3.8, 4) is 0 Å². The van der Waals surface area contributed by atoms with Crippen molar-refractivity contribution in [1.29, 1.82) is 0 Å². The zero-order valence-electron chi connectivity index (χ0n) is 18.5. The Morgan fingerprint density at radius 3 is 2.16 bits per heavy atom. The Labute approximate surface area is 188 Å². The molecule has 0 aliphatic rings.